The predicted molar refractivity (Wildman–Crippen MR) is 62.5 cm³/mol. The van der Waals surface area contributed by atoms with Crippen LogP contribution in [0.5, 0.6) is 0 Å². The van der Waals surface area contributed by atoms with Gasteiger partial charge in [0, 0.05) is 12.5 Å². The summed E-state index contributed by atoms with van der Waals surface area (Å²) >= 11 is 0. The van der Waals surface area contributed by atoms with Gasteiger partial charge < -0.3 is 11.1 Å². The standard InChI is InChI=1S/C12H24N2O/c1-2-10(9-13)8-12(15)14-11-6-4-3-5-7-11/h10-11H,2-9,13H2,1H3,(H,14,15). The number of carbonyl (C=O) groups excluding carboxylic acids is 1. The molecule has 0 aliphatic heterocycles. The van der Waals surface area contributed by atoms with Gasteiger partial charge in [-0.15, -0.1) is 0 Å². The zero-order chi connectivity index (χ0) is 11.1. The molecular weight excluding hydrogens is 188 g/mol. The van der Waals surface area contributed by atoms with Crippen LogP contribution >= 0.6 is 0 Å². The fourth-order valence-corrected chi connectivity index (χ4v) is 2.19. The van der Waals surface area contributed by atoms with Gasteiger partial charge in [0.2, 0.25) is 5.91 Å². The van der Waals surface area contributed by atoms with E-state index in [1.807, 2.05) is 0 Å². The lowest BCUT2D eigenvalue weighted by Crippen LogP contribution is -2.37. The Morgan fingerprint density at radius 1 is 1.40 bits per heavy atom. The van der Waals surface area contributed by atoms with Crippen LogP contribution < -0.4 is 11.1 Å². The number of rotatable bonds is 5. The Kier molecular flexibility index (Phi) is 5.69. The third-order valence-corrected chi connectivity index (χ3v) is 3.36. The van der Waals surface area contributed by atoms with Crippen molar-refractivity contribution in [2.45, 2.75) is 57.9 Å². The molecule has 3 heteroatoms. The summed E-state index contributed by atoms with van der Waals surface area (Å²) in [5.74, 6) is 0.549. The molecule has 1 atom stereocenters. The molecule has 0 aromatic rings. The molecule has 1 amide bonds. The highest BCUT2D eigenvalue weighted by Gasteiger charge is 2.17. The van der Waals surface area contributed by atoms with Crippen molar-refractivity contribution in [2.75, 3.05) is 6.54 Å². The van der Waals surface area contributed by atoms with E-state index in [1.165, 1.54) is 19.3 Å². The summed E-state index contributed by atoms with van der Waals surface area (Å²) in [6, 6.07) is 0.432. The molecule has 3 N–H and O–H groups in total. The number of amides is 1. The summed E-state index contributed by atoms with van der Waals surface area (Å²) in [6.45, 7) is 2.71. The third kappa shape index (κ3) is 4.65. The van der Waals surface area contributed by atoms with Gasteiger partial charge in [-0.2, -0.15) is 0 Å². The Labute approximate surface area is 92.8 Å². The maximum Gasteiger partial charge on any atom is 0.220 e. The Bertz CT molecular complexity index is 184. The molecule has 0 aromatic heterocycles. The molecule has 1 saturated carbocycles. The van der Waals surface area contributed by atoms with Crippen LogP contribution in [0.15, 0.2) is 0 Å². The second-order valence-electron chi connectivity index (χ2n) is 4.62. The zero-order valence-corrected chi connectivity index (χ0v) is 9.80. The molecule has 1 aliphatic carbocycles. The highest BCUT2D eigenvalue weighted by molar-refractivity contribution is 5.76. The summed E-state index contributed by atoms with van der Waals surface area (Å²) in [5.41, 5.74) is 5.58. The minimum atomic E-state index is 0.194. The van der Waals surface area contributed by atoms with Crippen molar-refractivity contribution in [3.63, 3.8) is 0 Å². The van der Waals surface area contributed by atoms with Gasteiger partial charge in [0.25, 0.3) is 0 Å². The smallest absolute Gasteiger partial charge is 0.220 e. The van der Waals surface area contributed by atoms with Crippen LogP contribution in [0.1, 0.15) is 51.9 Å². The third-order valence-electron chi connectivity index (χ3n) is 3.36. The van der Waals surface area contributed by atoms with Crippen LogP contribution in [0, 0.1) is 5.92 Å². The molecule has 15 heavy (non-hydrogen) atoms. The molecule has 0 radical (unpaired) electrons. The summed E-state index contributed by atoms with van der Waals surface area (Å²) < 4.78 is 0. The van der Waals surface area contributed by atoms with E-state index >= 15 is 0 Å². The highest BCUT2D eigenvalue weighted by atomic mass is 16.1. The maximum absolute atomic E-state index is 11.7. The number of hydrogen-bond donors (Lipinski definition) is 2. The molecular formula is C12H24N2O. The molecule has 0 heterocycles. The predicted octanol–water partition coefficient (Wildman–Crippen LogP) is 1.81. The largest absolute Gasteiger partial charge is 0.353 e. The quantitative estimate of drug-likeness (QED) is 0.730. The minimum Gasteiger partial charge on any atom is -0.353 e. The average Bonchev–Trinajstić information content (AvgIpc) is 2.27. The first-order chi connectivity index (χ1) is 7.26. The Morgan fingerprint density at radius 3 is 2.60 bits per heavy atom. The van der Waals surface area contributed by atoms with Crippen molar-refractivity contribution in [1.82, 2.24) is 5.32 Å². The van der Waals surface area contributed by atoms with Gasteiger partial charge in [-0.1, -0.05) is 32.6 Å². The van der Waals surface area contributed by atoms with E-state index in [9.17, 15) is 4.79 Å². The monoisotopic (exact) mass is 212 g/mol. The van der Waals surface area contributed by atoms with Gasteiger partial charge >= 0.3 is 0 Å². The molecule has 1 rings (SSSR count). The molecule has 1 unspecified atom stereocenters. The van der Waals surface area contributed by atoms with Gasteiger partial charge in [0.15, 0.2) is 0 Å². The Hall–Kier alpha value is -0.570. The second kappa shape index (κ2) is 6.83. The van der Waals surface area contributed by atoms with Crippen molar-refractivity contribution in [1.29, 1.82) is 0 Å². The number of hydrogen-bond acceptors (Lipinski definition) is 2. The Morgan fingerprint density at radius 2 is 2.07 bits per heavy atom. The topological polar surface area (TPSA) is 55.1 Å². The fourth-order valence-electron chi connectivity index (χ4n) is 2.19. The van der Waals surface area contributed by atoms with Gasteiger partial charge in [0.1, 0.15) is 0 Å². The van der Waals surface area contributed by atoms with Crippen LogP contribution in [0.4, 0.5) is 0 Å². The van der Waals surface area contributed by atoms with E-state index in [-0.39, 0.29) is 5.91 Å². The number of carbonyl (C=O) groups is 1. The summed E-state index contributed by atoms with van der Waals surface area (Å²) in [5, 5.41) is 3.12. The van der Waals surface area contributed by atoms with Crippen LogP contribution in [0.3, 0.4) is 0 Å². The Balaban J connectivity index is 2.21. The molecule has 88 valence electrons. The molecule has 0 bridgehead atoms. The zero-order valence-electron chi connectivity index (χ0n) is 9.80. The van der Waals surface area contributed by atoms with Crippen molar-refractivity contribution in [2.24, 2.45) is 11.7 Å². The second-order valence-corrected chi connectivity index (χ2v) is 4.62. The summed E-state index contributed by atoms with van der Waals surface area (Å²) in [6.07, 6.45) is 7.76. The van der Waals surface area contributed by atoms with Gasteiger partial charge in [0.05, 0.1) is 0 Å². The molecule has 0 spiro atoms. The fraction of sp³-hybridized carbons (Fsp3) is 0.917. The maximum atomic E-state index is 11.7. The van der Waals surface area contributed by atoms with Crippen LogP contribution in [0.2, 0.25) is 0 Å². The molecule has 1 fully saturated rings. The van der Waals surface area contributed by atoms with Gasteiger partial charge in [-0.05, 0) is 25.3 Å². The van der Waals surface area contributed by atoms with Crippen molar-refractivity contribution in [3.05, 3.63) is 0 Å². The molecule has 3 nitrogen and oxygen atoms in total. The van der Waals surface area contributed by atoms with Crippen molar-refractivity contribution < 1.29 is 4.79 Å². The summed E-state index contributed by atoms with van der Waals surface area (Å²) in [7, 11) is 0. The van der Waals surface area contributed by atoms with Gasteiger partial charge in [-0.25, -0.2) is 0 Å². The first-order valence-electron chi connectivity index (χ1n) is 6.25. The highest BCUT2D eigenvalue weighted by Crippen LogP contribution is 2.17. The van der Waals surface area contributed by atoms with E-state index in [2.05, 4.69) is 12.2 Å². The average molecular weight is 212 g/mol. The van der Waals surface area contributed by atoms with Crippen LogP contribution in [-0.4, -0.2) is 18.5 Å². The van der Waals surface area contributed by atoms with Gasteiger partial charge in [-0.3, -0.25) is 4.79 Å². The van der Waals surface area contributed by atoms with Crippen molar-refractivity contribution in [3.8, 4) is 0 Å². The van der Waals surface area contributed by atoms with E-state index in [0.717, 1.165) is 19.3 Å². The first kappa shape index (κ1) is 12.5. The van der Waals surface area contributed by atoms with Crippen LogP contribution in [0.25, 0.3) is 0 Å². The van der Waals surface area contributed by atoms with Crippen LogP contribution in [-0.2, 0) is 4.79 Å². The molecule has 1 aliphatic rings. The SMILES string of the molecule is CCC(CN)CC(=O)NC1CCCCC1. The normalized spacial score (nSPS) is 19.9. The lowest BCUT2D eigenvalue weighted by atomic mass is 9.95. The lowest BCUT2D eigenvalue weighted by molar-refractivity contribution is -0.122. The van der Waals surface area contributed by atoms with E-state index in [4.69, 9.17) is 5.73 Å². The van der Waals surface area contributed by atoms with E-state index in [0.29, 0.717) is 24.9 Å². The van der Waals surface area contributed by atoms with E-state index in [1.54, 1.807) is 0 Å². The summed E-state index contributed by atoms with van der Waals surface area (Å²) in [4.78, 5) is 11.7. The molecule has 0 aromatic carbocycles. The number of nitrogens with one attached hydrogen (secondary N) is 1. The number of nitrogens with two attached hydrogens (primary N) is 1. The van der Waals surface area contributed by atoms with E-state index < -0.39 is 0 Å². The molecule has 0 saturated heterocycles. The lowest BCUT2D eigenvalue weighted by Gasteiger charge is -2.23. The first-order valence-corrected chi connectivity index (χ1v) is 6.25. The van der Waals surface area contributed by atoms with Crippen molar-refractivity contribution >= 4 is 5.91 Å². The minimum absolute atomic E-state index is 0.194.